The largest absolute Gasteiger partial charge is 0.480 e. The van der Waals surface area contributed by atoms with Crippen molar-refractivity contribution in [2.45, 2.75) is 18.9 Å². The highest BCUT2D eigenvalue weighted by atomic mass is 32.2. The van der Waals surface area contributed by atoms with E-state index in [0.29, 0.717) is 24.8 Å². The van der Waals surface area contributed by atoms with Crippen molar-refractivity contribution in [3.05, 3.63) is 0 Å². The standard InChI is InChI=1S/C10H16N2O3S/c13-9(14)8-6-16-4-3-12(8)10(15)11-5-7-1-2-7/h7-8H,1-6H2,(H,11,15)(H,13,14). The van der Waals surface area contributed by atoms with Gasteiger partial charge in [0.05, 0.1) is 0 Å². The minimum Gasteiger partial charge on any atom is -0.480 e. The summed E-state index contributed by atoms with van der Waals surface area (Å²) in [6, 6.07) is -0.891. The van der Waals surface area contributed by atoms with Crippen molar-refractivity contribution < 1.29 is 14.7 Å². The van der Waals surface area contributed by atoms with Gasteiger partial charge in [0.15, 0.2) is 0 Å². The summed E-state index contributed by atoms with van der Waals surface area (Å²) in [4.78, 5) is 24.2. The van der Waals surface area contributed by atoms with E-state index in [-0.39, 0.29) is 6.03 Å². The fraction of sp³-hybridized carbons (Fsp3) is 0.800. The molecule has 1 saturated heterocycles. The Labute approximate surface area is 98.6 Å². The molecular weight excluding hydrogens is 228 g/mol. The maximum atomic E-state index is 11.8. The molecule has 0 spiro atoms. The third-order valence-corrected chi connectivity index (χ3v) is 3.94. The first kappa shape index (κ1) is 11.6. The lowest BCUT2D eigenvalue weighted by atomic mass is 10.3. The molecule has 0 aromatic rings. The number of aliphatic carboxylic acids is 1. The Morgan fingerprint density at radius 2 is 2.19 bits per heavy atom. The second kappa shape index (κ2) is 4.95. The summed E-state index contributed by atoms with van der Waals surface area (Å²) >= 11 is 1.59. The van der Waals surface area contributed by atoms with Gasteiger partial charge < -0.3 is 15.3 Å². The molecule has 2 amide bonds. The molecule has 1 unspecified atom stereocenters. The van der Waals surface area contributed by atoms with Crippen LogP contribution in [0.5, 0.6) is 0 Å². The molecule has 0 aromatic heterocycles. The first-order chi connectivity index (χ1) is 7.68. The summed E-state index contributed by atoms with van der Waals surface area (Å²) in [7, 11) is 0. The van der Waals surface area contributed by atoms with Crippen molar-refractivity contribution in [2.24, 2.45) is 5.92 Å². The Kier molecular flexibility index (Phi) is 3.58. The van der Waals surface area contributed by atoms with E-state index in [0.717, 1.165) is 5.75 Å². The van der Waals surface area contributed by atoms with Gasteiger partial charge in [0.2, 0.25) is 0 Å². The zero-order valence-corrected chi connectivity index (χ0v) is 9.83. The molecule has 2 aliphatic rings. The Morgan fingerprint density at radius 3 is 2.81 bits per heavy atom. The number of urea groups is 1. The van der Waals surface area contributed by atoms with Crippen molar-refractivity contribution in [3.8, 4) is 0 Å². The number of amides is 2. The Bertz CT molecular complexity index is 294. The smallest absolute Gasteiger partial charge is 0.327 e. The summed E-state index contributed by atoms with van der Waals surface area (Å²) in [6.45, 7) is 1.22. The van der Waals surface area contributed by atoms with Gasteiger partial charge >= 0.3 is 12.0 Å². The van der Waals surface area contributed by atoms with Crippen LogP contribution in [0.15, 0.2) is 0 Å². The van der Waals surface area contributed by atoms with Gasteiger partial charge in [-0.3, -0.25) is 0 Å². The second-order valence-electron chi connectivity index (χ2n) is 4.25. The van der Waals surface area contributed by atoms with E-state index >= 15 is 0 Å². The normalized spacial score (nSPS) is 25.2. The van der Waals surface area contributed by atoms with Gasteiger partial charge in [-0.2, -0.15) is 11.8 Å². The molecular formula is C10H16N2O3S. The lowest BCUT2D eigenvalue weighted by Crippen LogP contribution is -2.54. The van der Waals surface area contributed by atoms with Gasteiger partial charge in [0, 0.05) is 24.6 Å². The molecule has 2 rings (SSSR count). The van der Waals surface area contributed by atoms with Crippen LogP contribution >= 0.6 is 11.8 Å². The van der Waals surface area contributed by atoms with Crippen molar-refractivity contribution in [2.75, 3.05) is 24.6 Å². The SMILES string of the molecule is O=C(O)C1CSCCN1C(=O)NCC1CC1. The molecule has 0 bridgehead atoms. The number of carboxylic acids is 1. The van der Waals surface area contributed by atoms with Crippen LogP contribution in [-0.2, 0) is 4.79 Å². The van der Waals surface area contributed by atoms with Crippen molar-refractivity contribution in [3.63, 3.8) is 0 Å². The van der Waals surface area contributed by atoms with E-state index in [1.165, 1.54) is 17.7 Å². The van der Waals surface area contributed by atoms with E-state index in [2.05, 4.69) is 5.32 Å². The lowest BCUT2D eigenvalue weighted by Gasteiger charge is -2.32. The third kappa shape index (κ3) is 2.81. The molecule has 2 fully saturated rings. The van der Waals surface area contributed by atoms with Crippen LogP contribution in [0.4, 0.5) is 4.79 Å². The van der Waals surface area contributed by atoms with Gasteiger partial charge in [0.25, 0.3) is 0 Å². The molecule has 1 heterocycles. The van der Waals surface area contributed by atoms with Crippen LogP contribution in [0.1, 0.15) is 12.8 Å². The number of carboxylic acid groups (broad SMARTS) is 1. The fourth-order valence-corrected chi connectivity index (χ4v) is 2.74. The predicted octanol–water partition coefficient (Wildman–Crippen LogP) is 0.608. The lowest BCUT2D eigenvalue weighted by molar-refractivity contribution is -0.141. The zero-order chi connectivity index (χ0) is 11.5. The second-order valence-corrected chi connectivity index (χ2v) is 5.40. The topological polar surface area (TPSA) is 69.6 Å². The van der Waals surface area contributed by atoms with Crippen LogP contribution in [-0.4, -0.2) is 52.6 Å². The summed E-state index contributed by atoms with van der Waals surface area (Å²) < 4.78 is 0. The predicted molar refractivity (Wildman–Crippen MR) is 61.6 cm³/mol. The number of hydrogen-bond acceptors (Lipinski definition) is 3. The number of rotatable bonds is 3. The van der Waals surface area contributed by atoms with Crippen molar-refractivity contribution in [1.29, 1.82) is 0 Å². The highest BCUT2D eigenvalue weighted by Gasteiger charge is 2.33. The Morgan fingerprint density at radius 1 is 1.44 bits per heavy atom. The fourth-order valence-electron chi connectivity index (χ4n) is 1.71. The minimum absolute atomic E-state index is 0.223. The molecule has 1 saturated carbocycles. The molecule has 1 aliphatic carbocycles. The van der Waals surface area contributed by atoms with Gasteiger partial charge in [-0.15, -0.1) is 0 Å². The number of carbonyl (C=O) groups excluding carboxylic acids is 1. The maximum absolute atomic E-state index is 11.8. The molecule has 0 aromatic carbocycles. The number of nitrogens with zero attached hydrogens (tertiary/aromatic N) is 1. The molecule has 16 heavy (non-hydrogen) atoms. The van der Waals surface area contributed by atoms with Crippen LogP contribution in [0.3, 0.4) is 0 Å². The van der Waals surface area contributed by atoms with Crippen LogP contribution in [0.2, 0.25) is 0 Å². The van der Waals surface area contributed by atoms with Crippen LogP contribution in [0.25, 0.3) is 0 Å². The molecule has 2 N–H and O–H groups in total. The van der Waals surface area contributed by atoms with E-state index in [4.69, 9.17) is 5.11 Å². The summed E-state index contributed by atoms with van der Waals surface area (Å²) in [6.07, 6.45) is 2.36. The number of nitrogens with one attached hydrogen (secondary N) is 1. The molecule has 1 atom stereocenters. The molecule has 5 nitrogen and oxygen atoms in total. The summed E-state index contributed by atoms with van der Waals surface area (Å²) in [5.41, 5.74) is 0. The molecule has 6 heteroatoms. The number of hydrogen-bond donors (Lipinski definition) is 2. The summed E-state index contributed by atoms with van der Waals surface area (Å²) in [5.74, 6) is 1.02. The van der Waals surface area contributed by atoms with E-state index in [9.17, 15) is 9.59 Å². The number of carbonyl (C=O) groups is 2. The first-order valence-electron chi connectivity index (χ1n) is 5.53. The molecule has 0 radical (unpaired) electrons. The average molecular weight is 244 g/mol. The number of thioether (sulfide) groups is 1. The van der Waals surface area contributed by atoms with E-state index in [1.807, 2.05) is 0 Å². The van der Waals surface area contributed by atoms with Crippen LogP contribution < -0.4 is 5.32 Å². The van der Waals surface area contributed by atoms with Gasteiger partial charge in [-0.05, 0) is 18.8 Å². The zero-order valence-electron chi connectivity index (χ0n) is 9.02. The van der Waals surface area contributed by atoms with Gasteiger partial charge in [-0.25, -0.2) is 9.59 Å². The highest BCUT2D eigenvalue weighted by molar-refractivity contribution is 7.99. The quantitative estimate of drug-likeness (QED) is 0.763. The monoisotopic (exact) mass is 244 g/mol. The first-order valence-corrected chi connectivity index (χ1v) is 6.69. The van der Waals surface area contributed by atoms with Crippen molar-refractivity contribution >= 4 is 23.8 Å². The van der Waals surface area contributed by atoms with E-state index in [1.54, 1.807) is 11.8 Å². The van der Waals surface area contributed by atoms with Gasteiger partial charge in [-0.1, -0.05) is 0 Å². The maximum Gasteiger partial charge on any atom is 0.327 e. The highest BCUT2D eigenvalue weighted by Crippen LogP contribution is 2.27. The Hall–Kier alpha value is -0.910. The van der Waals surface area contributed by atoms with Crippen LogP contribution in [0, 0.1) is 5.92 Å². The average Bonchev–Trinajstić information content (AvgIpc) is 3.09. The molecule has 90 valence electrons. The van der Waals surface area contributed by atoms with Crippen molar-refractivity contribution in [1.82, 2.24) is 10.2 Å². The minimum atomic E-state index is -0.909. The summed E-state index contributed by atoms with van der Waals surface area (Å²) in [5, 5.41) is 11.8. The van der Waals surface area contributed by atoms with E-state index < -0.39 is 12.0 Å². The molecule has 1 aliphatic heterocycles. The third-order valence-electron chi connectivity index (χ3n) is 2.91. The van der Waals surface area contributed by atoms with Gasteiger partial charge in [0.1, 0.15) is 6.04 Å². The Balaban J connectivity index is 1.87.